The van der Waals surface area contributed by atoms with E-state index < -0.39 is 0 Å². The molecule has 0 aliphatic carbocycles. The number of benzene rings is 2. The van der Waals surface area contributed by atoms with Crippen molar-refractivity contribution in [3.05, 3.63) is 59.5 Å². The zero-order valence-electron chi connectivity index (χ0n) is 9.68. The second kappa shape index (κ2) is 4.27. The first-order chi connectivity index (χ1) is 8.74. The molecule has 0 bridgehead atoms. The molecule has 88 valence electrons. The molecule has 3 rings (SSSR count). The van der Waals surface area contributed by atoms with Crippen molar-refractivity contribution in [3.63, 3.8) is 0 Å². The van der Waals surface area contributed by atoms with Crippen molar-refractivity contribution in [3.8, 4) is 11.1 Å². The van der Waals surface area contributed by atoms with Crippen LogP contribution in [0.25, 0.3) is 21.2 Å². The van der Waals surface area contributed by atoms with E-state index in [0.717, 1.165) is 10.3 Å². The van der Waals surface area contributed by atoms with E-state index >= 15 is 0 Å². The van der Waals surface area contributed by atoms with Crippen molar-refractivity contribution >= 4 is 27.3 Å². The number of nitrogen functional groups attached to an aromatic ring is 1. The fraction of sp³-hybridized carbons (Fsp3) is 0. The standard InChI is InChI=1S/C15H12N2S/c16-15(17)14-9-12-8-11(6-7-13(12)18-14)10-4-2-1-3-5-10/h1-9H,(H3,16,17). The van der Waals surface area contributed by atoms with E-state index in [1.54, 1.807) is 11.3 Å². The highest BCUT2D eigenvalue weighted by Crippen LogP contribution is 2.29. The Morgan fingerprint density at radius 2 is 1.72 bits per heavy atom. The van der Waals surface area contributed by atoms with Crippen LogP contribution in [0.15, 0.2) is 54.6 Å². The Balaban J connectivity index is 2.14. The predicted molar refractivity (Wildman–Crippen MR) is 78.3 cm³/mol. The first-order valence-corrected chi connectivity index (χ1v) is 6.49. The lowest BCUT2D eigenvalue weighted by Gasteiger charge is -2.00. The quantitative estimate of drug-likeness (QED) is 0.528. The molecular weight excluding hydrogens is 240 g/mol. The third-order valence-electron chi connectivity index (χ3n) is 2.89. The van der Waals surface area contributed by atoms with E-state index in [9.17, 15) is 0 Å². The SMILES string of the molecule is N=C(N)c1cc2cc(-c3ccccc3)ccc2s1. The lowest BCUT2D eigenvalue weighted by molar-refractivity contribution is 1.46. The molecule has 0 saturated heterocycles. The molecule has 3 N–H and O–H groups in total. The first kappa shape index (κ1) is 11.0. The molecule has 3 heteroatoms. The minimum Gasteiger partial charge on any atom is -0.383 e. The van der Waals surface area contributed by atoms with Crippen molar-refractivity contribution in [1.82, 2.24) is 0 Å². The van der Waals surface area contributed by atoms with E-state index in [4.69, 9.17) is 11.1 Å². The number of hydrogen-bond donors (Lipinski definition) is 2. The molecule has 0 aliphatic rings. The highest BCUT2D eigenvalue weighted by molar-refractivity contribution is 7.20. The molecule has 0 aliphatic heterocycles. The fourth-order valence-electron chi connectivity index (χ4n) is 1.99. The second-order valence-corrected chi connectivity index (χ2v) is 5.23. The number of hydrogen-bond acceptors (Lipinski definition) is 2. The Bertz CT molecular complexity index is 714. The second-order valence-electron chi connectivity index (χ2n) is 4.14. The summed E-state index contributed by atoms with van der Waals surface area (Å²) in [6.45, 7) is 0. The van der Waals surface area contributed by atoms with Crippen molar-refractivity contribution < 1.29 is 0 Å². The molecule has 0 atom stereocenters. The summed E-state index contributed by atoms with van der Waals surface area (Å²) in [5, 5.41) is 8.62. The van der Waals surface area contributed by atoms with Gasteiger partial charge in [0.1, 0.15) is 5.84 Å². The van der Waals surface area contributed by atoms with Gasteiger partial charge < -0.3 is 5.73 Å². The molecule has 2 nitrogen and oxygen atoms in total. The lowest BCUT2D eigenvalue weighted by Crippen LogP contribution is -2.08. The minimum atomic E-state index is 0.137. The zero-order valence-corrected chi connectivity index (χ0v) is 10.5. The van der Waals surface area contributed by atoms with Gasteiger partial charge in [0.2, 0.25) is 0 Å². The summed E-state index contributed by atoms with van der Waals surface area (Å²) in [5.41, 5.74) is 7.91. The molecule has 1 heterocycles. The Morgan fingerprint density at radius 3 is 2.44 bits per heavy atom. The summed E-state index contributed by atoms with van der Waals surface area (Å²) >= 11 is 1.56. The summed E-state index contributed by atoms with van der Waals surface area (Å²) in [7, 11) is 0. The molecule has 0 fully saturated rings. The van der Waals surface area contributed by atoms with E-state index in [-0.39, 0.29) is 5.84 Å². The Morgan fingerprint density at radius 1 is 0.944 bits per heavy atom. The monoisotopic (exact) mass is 252 g/mol. The van der Waals surface area contributed by atoms with Gasteiger partial charge in [0.15, 0.2) is 0 Å². The molecule has 0 amide bonds. The van der Waals surface area contributed by atoms with Crippen LogP contribution in [0.5, 0.6) is 0 Å². The molecule has 18 heavy (non-hydrogen) atoms. The third kappa shape index (κ3) is 1.89. The van der Waals surface area contributed by atoms with Crippen molar-refractivity contribution in [1.29, 1.82) is 5.41 Å². The van der Waals surface area contributed by atoms with Gasteiger partial charge >= 0.3 is 0 Å². The third-order valence-corrected chi connectivity index (χ3v) is 4.04. The number of nitrogens with two attached hydrogens (primary N) is 1. The van der Waals surface area contributed by atoms with Gasteiger partial charge in [-0.1, -0.05) is 36.4 Å². The summed E-state index contributed by atoms with van der Waals surface area (Å²) in [6, 6.07) is 18.6. The van der Waals surface area contributed by atoms with Gasteiger partial charge in [0, 0.05) is 4.70 Å². The Labute approximate surface area is 109 Å². The van der Waals surface area contributed by atoms with E-state index in [1.807, 2.05) is 24.3 Å². The van der Waals surface area contributed by atoms with Crippen LogP contribution in [0.4, 0.5) is 0 Å². The van der Waals surface area contributed by atoms with Crippen LogP contribution in [0.3, 0.4) is 0 Å². The Kier molecular flexibility index (Phi) is 2.61. The summed E-state index contributed by atoms with van der Waals surface area (Å²) in [5.74, 6) is 0.137. The van der Waals surface area contributed by atoms with Gasteiger partial charge in [-0.05, 0) is 34.7 Å². The maximum Gasteiger partial charge on any atom is 0.133 e. The van der Waals surface area contributed by atoms with Crippen LogP contribution in [-0.4, -0.2) is 5.84 Å². The minimum absolute atomic E-state index is 0.137. The lowest BCUT2D eigenvalue weighted by atomic mass is 10.0. The number of rotatable bonds is 2. The Hall–Kier alpha value is -2.13. The van der Waals surface area contributed by atoms with Crippen molar-refractivity contribution in [2.24, 2.45) is 5.73 Å². The molecule has 0 unspecified atom stereocenters. The zero-order chi connectivity index (χ0) is 12.5. The molecule has 3 aromatic rings. The van der Waals surface area contributed by atoms with Crippen LogP contribution in [0, 0.1) is 5.41 Å². The average molecular weight is 252 g/mol. The van der Waals surface area contributed by atoms with E-state index in [1.165, 1.54) is 15.8 Å². The van der Waals surface area contributed by atoms with Crippen LogP contribution >= 0.6 is 11.3 Å². The van der Waals surface area contributed by atoms with E-state index in [2.05, 4.69) is 30.3 Å². The largest absolute Gasteiger partial charge is 0.383 e. The predicted octanol–water partition coefficient (Wildman–Crippen LogP) is 3.85. The van der Waals surface area contributed by atoms with Gasteiger partial charge in [0.05, 0.1) is 4.88 Å². The van der Waals surface area contributed by atoms with Gasteiger partial charge in [0.25, 0.3) is 0 Å². The van der Waals surface area contributed by atoms with Crippen LogP contribution in [0.1, 0.15) is 4.88 Å². The van der Waals surface area contributed by atoms with Gasteiger partial charge in [-0.2, -0.15) is 0 Å². The number of fused-ring (bicyclic) bond motifs is 1. The average Bonchev–Trinajstić information content (AvgIpc) is 2.82. The fourth-order valence-corrected chi connectivity index (χ4v) is 2.89. The van der Waals surface area contributed by atoms with Gasteiger partial charge in [-0.15, -0.1) is 11.3 Å². The summed E-state index contributed by atoms with van der Waals surface area (Å²) in [6.07, 6.45) is 0. The van der Waals surface area contributed by atoms with Crippen LogP contribution < -0.4 is 5.73 Å². The number of thiophene rings is 1. The topological polar surface area (TPSA) is 49.9 Å². The molecular formula is C15H12N2S. The van der Waals surface area contributed by atoms with Crippen molar-refractivity contribution in [2.75, 3.05) is 0 Å². The summed E-state index contributed by atoms with van der Waals surface area (Å²) < 4.78 is 1.17. The normalized spacial score (nSPS) is 10.7. The van der Waals surface area contributed by atoms with Crippen molar-refractivity contribution in [2.45, 2.75) is 0 Å². The number of amidine groups is 1. The van der Waals surface area contributed by atoms with E-state index in [0.29, 0.717) is 0 Å². The molecule has 0 saturated carbocycles. The molecule has 1 aromatic heterocycles. The maximum absolute atomic E-state index is 7.47. The van der Waals surface area contributed by atoms with Gasteiger partial charge in [-0.3, -0.25) is 5.41 Å². The molecule has 2 aromatic carbocycles. The van der Waals surface area contributed by atoms with Gasteiger partial charge in [-0.25, -0.2) is 0 Å². The van der Waals surface area contributed by atoms with Crippen LogP contribution in [-0.2, 0) is 0 Å². The highest BCUT2D eigenvalue weighted by Gasteiger charge is 2.05. The summed E-state index contributed by atoms with van der Waals surface area (Å²) in [4.78, 5) is 0.829. The molecule has 0 spiro atoms. The molecule has 0 radical (unpaired) electrons. The maximum atomic E-state index is 7.47. The number of nitrogens with one attached hydrogen (secondary N) is 1. The van der Waals surface area contributed by atoms with Crippen LogP contribution in [0.2, 0.25) is 0 Å². The smallest absolute Gasteiger partial charge is 0.133 e. The highest BCUT2D eigenvalue weighted by atomic mass is 32.1. The first-order valence-electron chi connectivity index (χ1n) is 5.67.